The van der Waals surface area contributed by atoms with Crippen molar-refractivity contribution in [3.05, 3.63) is 38.7 Å². The second-order valence-corrected chi connectivity index (χ2v) is 7.05. The molecule has 0 aliphatic rings. The molecule has 0 fully saturated rings. The van der Waals surface area contributed by atoms with Crippen LogP contribution >= 0.6 is 35.0 Å². The van der Waals surface area contributed by atoms with E-state index in [-0.39, 0.29) is 11.6 Å². The number of carbonyl (C=O) groups excluding carboxylic acids is 1. The zero-order valence-electron chi connectivity index (χ0n) is 12.6. The Hall–Kier alpha value is -1.44. The largest absolute Gasteiger partial charge is 0.343 e. The topological polar surface area (TPSA) is 79.8 Å². The first kappa shape index (κ1) is 17.9. The Morgan fingerprint density at radius 1 is 1.39 bits per heavy atom. The van der Waals surface area contributed by atoms with Crippen molar-refractivity contribution in [3.63, 3.8) is 0 Å². The van der Waals surface area contributed by atoms with E-state index in [4.69, 9.17) is 23.2 Å². The zero-order valence-corrected chi connectivity index (χ0v) is 14.9. The minimum absolute atomic E-state index is 0.230. The molecule has 1 aromatic heterocycles. The fourth-order valence-corrected chi connectivity index (χ4v) is 3.30. The van der Waals surface area contributed by atoms with Crippen molar-refractivity contribution in [2.75, 3.05) is 5.32 Å². The molecule has 23 heavy (non-hydrogen) atoms. The third kappa shape index (κ3) is 4.76. The van der Waals surface area contributed by atoms with Crippen LogP contribution < -0.4 is 11.0 Å². The van der Waals surface area contributed by atoms with Crippen LogP contribution in [0.25, 0.3) is 0 Å². The van der Waals surface area contributed by atoms with E-state index >= 15 is 0 Å². The smallest absolute Gasteiger partial charge is 0.325 e. The number of nitrogens with zero attached hydrogens (tertiary/aromatic N) is 2. The maximum absolute atomic E-state index is 12.3. The molecule has 0 unspecified atom stereocenters. The van der Waals surface area contributed by atoms with Gasteiger partial charge in [-0.1, -0.05) is 41.9 Å². The van der Waals surface area contributed by atoms with Gasteiger partial charge < -0.3 is 5.32 Å². The monoisotopic (exact) mass is 374 g/mol. The Morgan fingerprint density at radius 2 is 2.04 bits per heavy atom. The van der Waals surface area contributed by atoms with Crippen LogP contribution in [0.15, 0.2) is 28.2 Å². The molecule has 0 spiro atoms. The van der Waals surface area contributed by atoms with E-state index in [1.807, 2.05) is 6.92 Å². The lowest BCUT2D eigenvalue weighted by Crippen LogP contribution is -2.24. The highest BCUT2D eigenvalue weighted by Crippen LogP contribution is 2.25. The van der Waals surface area contributed by atoms with Crippen LogP contribution in [0.3, 0.4) is 0 Å². The second kappa shape index (κ2) is 7.90. The Balaban J connectivity index is 2.07. The SMILES string of the molecule is CCCn1c(S[C@H](C)C(=O)Nc2cc(Cl)cc(Cl)c2)n[nH]c1=O. The molecule has 2 N–H and O–H groups in total. The van der Waals surface area contributed by atoms with Crippen molar-refractivity contribution in [1.82, 2.24) is 14.8 Å². The Kier molecular flexibility index (Phi) is 6.15. The summed E-state index contributed by atoms with van der Waals surface area (Å²) in [6, 6.07) is 4.82. The quantitative estimate of drug-likeness (QED) is 0.759. The minimum atomic E-state index is -0.446. The summed E-state index contributed by atoms with van der Waals surface area (Å²) in [5.74, 6) is -0.230. The summed E-state index contributed by atoms with van der Waals surface area (Å²) < 4.78 is 1.52. The van der Waals surface area contributed by atoms with Gasteiger partial charge in [0.1, 0.15) is 0 Å². The lowest BCUT2D eigenvalue weighted by atomic mass is 10.3. The van der Waals surface area contributed by atoms with Gasteiger partial charge in [-0.3, -0.25) is 9.36 Å². The molecule has 2 aromatic rings. The standard InChI is InChI=1S/C14H16Cl2N4O2S/c1-3-4-20-13(22)18-19-14(20)23-8(2)12(21)17-11-6-9(15)5-10(16)7-11/h5-8H,3-4H2,1-2H3,(H,17,21)(H,18,22)/t8-/m1/s1. The summed E-state index contributed by atoms with van der Waals surface area (Å²) in [4.78, 5) is 23.9. The third-order valence-corrected chi connectivity index (χ3v) is 4.48. The van der Waals surface area contributed by atoms with Crippen LogP contribution in [-0.4, -0.2) is 25.9 Å². The second-order valence-electron chi connectivity index (χ2n) is 4.87. The van der Waals surface area contributed by atoms with Gasteiger partial charge in [0, 0.05) is 22.3 Å². The molecular weight excluding hydrogens is 359 g/mol. The van der Waals surface area contributed by atoms with Crippen LogP contribution in [0.4, 0.5) is 5.69 Å². The van der Waals surface area contributed by atoms with E-state index in [1.165, 1.54) is 16.3 Å². The predicted molar refractivity (Wildman–Crippen MR) is 93.5 cm³/mol. The Labute approximate surface area is 147 Å². The van der Waals surface area contributed by atoms with Gasteiger partial charge in [0.15, 0.2) is 5.16 Å². The lowest BCUT2D eigenvalue weighted by molar-refractivity contribution is -0.115. The number of nitrogens with one attached hydrogen (secondary N) is 2. The van der Waals surface area contributed by atoms with E-state index in [1.54, 1.807) is 25.1 Å². The van der Waals surface area contributed by atoms with Crippen LogP contribution in [0, 0.1) is 0 Å². The first-order valence-electron chi connectivity index (χ1n) is 6.99. The van der Waals surface area contributed by atoms with Crippen molar-refractivity contribution < 1.29 is 4.79 Å². The fourth-order valence-electron chi connectivity index (χ4n) is 1.90. The normalized spacial score (nSPS) is 12.2. The Bertz CT molecular complexity index is 739. The molecule has 1 heterocycles. The van der Waals surface area contributed by atoms with Crippen molar-refractivity contribution in [2.24, 2.45) is 0 Å². The van der Waals surface area contributed by atoms with Crippen molar-refractivity contribution in [3.8, 4) is 0 Å². The van der Waals surface area contributed by atoms with E-state index in [2.05, 4.69) is 15.5 Å². The number of rotatable bonds is 6. The summed E-state index contributed by atoms with van der Waals surface area (Å²) in [5.41, 5.74) is 0.247. The number of thioether (sulfide) groups is 1. The predicted octanol–water partition coefficient (Wildman–Crippen LogP) is 3.41. The number of carbonyl (C=O) groups is 1. The maximum Gasteiger partial charge on any atom is 0.343 e. The summed E-state index contributed by atoms with van der Waals surface area (Å²) in [5, 5.41) is 10.0. The number of benzene rings is 1. The minimum Gasteiger partial charge on any atom is -0.325 e. The number of aromatic nitrogens is 3. The highest BCUT2D eigenvalue weighted by atomic mass is 35.5. The molecule has 6 nitrogen and oxygen atoms in total. The summed E-state index contributed by atoms with van der Waals surface area (Å²) >= 11 is 13.0. The highest BCUT2D eigenvalue weighted by molar-refractivity contribution is 8.00. The number of anilines is 1. The van der Waals surface area contributed by atoms with Crippen molar-refractivity contribution >= 4 is 46.6 Å². The highest BCUT2D eigenvalue weighted by Gasteiger charge is 2.19. The lowest BCUT2D eigenvalue weighted by Gasteiger charge is -2.12. The van der Waals surface area contributed by atoms with Crippen LogP contribution in [0.2, 0.25) is 10.0 Å². The van der Waals surface area contributed by atoms with Gasteiger partial charge in [-0.05, 0) is 31.5 Å². The number of hydrogen-bond donors (Lipinski definition) is 2. The molecule has 0 aliphatic heterocycles. The van der Waals surface area contributed by atoms with Gasteiger partial charge in [0.25, 0.3) is 0 Å². The molecule has 2 rings (SSSR count). The molecule has 0 aliphatic carbocycles. The molecule has 0 bridgehead atoms. The molecule has 1 atom stereocenters. The molecule has 9 heteroatoms. The zero-order chi connectivity index (χ0) is 17.0. The maximum atomic E-state index is 12.3. The summed E-state index contributed by atoms with van der Waals surface area (Å²) in [6.07, 6.45) is 0.800. The van der Waals surface area contributed by atoms with Gasteiger partial charge >= 0.3 is 5.69 Å². The van der Waals surface area contributed by atoms with Gasteiger partial charge in [-0.25, -0.2) is 9.89 Å². The van der Waals surface area contributed by atoms with E-state index in [0.717, 1.165) is 6.42 Å². The summed E-state index contributed by atoms with van der Waals surface area (Å²) in [7, 11) is 0. The average Bonchev–Trinajstić information content (AvgIpc) is 2.79. The number of halogens is 2. The number of hydrogen-bond acceptors (Lipinski definition) is 4. The molecule has 0 saturated heterocycles. The third-order valence-electron chi connectivity index (χ3n) is 2.95. The van der Waals surface area contributed by atoms with E-state index < -0.39 is 5.25 Å². The van der Waals surface area contributed by atoms with E-state index in [0.29, 0.717) is 27.4 Å². The number of H-pyrrole nitrogens is 1. The molecule has 1 amide bonds. The van der Waals surface area contributed by atoms with Gasteiger partial charge in [-0.2, -0.15) is 0 Å². The molecule has 0 saturated carbocycles. The molecular formula is C14H16Cl2N4O2S. The van der Waals surface area contributed by atoms with Crippen molar-refractivity contribution in [2.45, 2.75) is 37.2 Å². The molecule has 0 radical (unpaired) electrons. The molecule has 1 aromatic carbocycles. The molecule has 124 valence electrons. The number of aromatic amines is 1. The number of amides is 1. The van der Waals surface area contributed by atoms with Crippen LogP contribution in [0.5, 0.6) is 0 Å². The van der Waals surface area contributed by atoms with E-state index in [9.17, 15) is 9.59 Å². The first-order valence-corrected chi connectivity index (χ1v) is 8.63. The van der Waals surface area contributed by atoms with Crippen LogP contribution in [0.1, 0.15) is 20.3 Å². The Morgan fingerprint density at radius 3 is 2.65 bits per heavy atom. The average molecular weight is 375 g/mol. The summed E-state index contributed by atoms with van der Waals surface area (Å²) in [6.45, 7) is 4.25. The van der Waals surface area contributed by atoms with Gasteiger partial charge in [0.05, 0.1) is 5.25 Å². The van der Waals surface area contributed by atoms with Crippen LogP contribution in [-0.2, 0) is 11.3 Å². The van der Waals surface area contributed by atoms with Gasteiger partial charge in [0.2, 0.25) is 5.91 Å². The van der Waals surface area contributed by atoms with Crippen molar-refractivity contribution in [1.29, 1.82) is 0 Å². The fraction of sp³-hybridized carbons (Fsp3) is 0.357. The first-order chi connectivity index (χ1) is 10.9. The van der Waals surface area contributed by atoms with Gasteiger partial charge in [-0.15, -0.1) is 5.10 Å².